The predicted octanol–water partition coefficient (Wildman–Crippen LogP) is 4.73. The predicted molar refractivity (Wildman–Crippen MR) is 74.7 cm³/mol. The average Bonchev–Trinajstić information content (AvgIpc) is 2.75. The largest absolute Gasteiger partial charge is 0.323 e. The van der Waals surface area contributed by atoms with E-state index in [9.17, 15) is 0 Å². The monoisotopic (exact) mass is 301 g/mol. The Morgan fingerprint density at radius 3 is 2.62 bits per heavy atom. The Morgan fingerprint density at radius 2 is 2.12 bits per heavy atom. The molecule has 1 aliphatic rings. The fraction of sp³-hybridized carbons (Fsp3) is 0.692. The fourth-order valence-electron chi connectivity index (χ4n) is 2.69. The first-order chi connectivity index (χ1) is 7.70. The minimum absolute atomic E-state index is 0.258. The molecule has 0 saturated heterocycles. The van der Waals surface area contributed by atoms with E-state index in [1.165, 1.54) is 41.5 Å². The van der Waals surface area contributed by atoms with E-state index in [0.29, 0.717) is 5.92 Å². The lowest BCUT2D eigenvalue weighted by molar-refractivity contribution is 0.241. The van der Waals surface area contributed by atoms with Crippen LogP contribution in [0.25, 0.3) is 0 Å². The highest BCUT2D eigenvalue weighted by Gasteiger charge is 2.26. The minimum Gasteiger partial charge on any atom is -0.323 e. The Morgan fingerprint density at radius 1 is 1.44 bits per heavy atom. The molecule has 1 aromatic heterocycles. The third-order valence-corrected chi connectivity index (χ3v) is 5.69. The molecule has 3 heteroatoms. The highest BCUT2D eigenvalue weighted by molar-refractivity contribution is 9.10. The van der Waals surface area contributed by atoms with Gasteiger partial charge in [0.2, 0.25) is 0 Å². The average molecular weight is 302 g/mol. The van der Waals surface area contributed by atoms with Crippen molar-refractivity contribution in [2.75, 3.05) is 0 Å². The topological polar surface area (TPSA) is 26.0 Å². The van der Waals surface area contributed by atoms with E-state index in [2.05, 4.69) is 34.3 Å². The van der Waals surface area contributed by atoms with Gasteiger partial charge in [0.1, 0.15) is 0 Å². The van der Waals surface area contributed by atoms with Crippen molar-refractivity contribution in [3.63, 3.8) is 0 Å². The van der Waals surface area contributed by atoms with Crippen LogP contribution in [-0.2, 0) is 0 Å². The van der Waals surface area contributed by atoms with Gasteiger partial charge in [-0.3, -0.25) is 0 Å². The molecule has 1 fully saturated rings. The van der Waals surface area contributed by atoms with Crippen LogP contribution in [0, 0.1) is 11.8 Å². The molecule has 0 amide bonds. The van der Waals surface area contributed by atoms with Crippen LogP contribution in [-0.4, -0.2) is 0 Å². The van der Waals surface area contributed by atoms with Crippen molar-refractivity contribution in [1.29, 1.82) is 0 Å². The number of nitrogens with two attached hydrogens (primary N) is 1. The van der Waals surface area contributed by atoms with E-state index in [0.717, 1.165) is 5.92 Å². The van der Waals surface area contributed by atoms with Crippen LogP contribution in [0.5, 0.6) is 0 Å². The summed E-state index contributed by atoms with van der Waals surface area (Å²) >= 11 is 5.29. The zero-order valence-corrected chi connectivity index (χ0v) is 12.2. The SMILES string of the molecule is CCC1CCC(C(N)c2cc(Br)cs2)CC1. The fourth-order valence-corrected chi connectivity index (χ4v) is 4.23. The summed E-state index contributed by atoms with van der Waals surface area (Å²) in [4.78, 5) is 1.34. The molecule has 2 N–H and O–H groups in total. The van der Waals surface area contributed by atoms with Gasteiger partial charge in [0.25, 0.3) is 0 Å². The number of rotatable bonds is 3. The van der Waals surface area contributed by atoms with Gasteiger partial charge < -0.3 is 5.73 Å². The molecule has 1 atom stereocenters. The minimum atomic E-state index is 0.258. The summed E-state index contributed by atoms with van der Waals surface area (Å²) in [6.45, 7) is 2.31. The zero-order valence-electron chi connectivity index (χ0n) is 9.79. The Hall–Kier alpha value is 0.140. The quantitative estimate of drug-likeness (QED) is 0.858. The summed E-state index contributed by atoms with van der Waals surface area (Å²) in [6, 6.07) is 2.44. The third-order valence-electron chi connectivity index (χ3n) is 3.89. The first-order valence-electron chi connectivity index (χ1n) is 6.20. The molecule has 1 aromatic rings. The maximum absolute atomic E-state index is 6.36. The van der Waals surface area contributed by atoms with Crippen LogP contribution in [0.1, 0.15) is 49.9 Å². The highest BCUT2D eigenvalue weighted by Crippen LogP contribution is 2.38. The van der Waals surface area contributed by atoms with Crippen molar-refractivity contribution in [2.45, 2.75) is 45.1 Å². The summed E-state index contributed by atoms with van der Waals surface area (Å²) in [6.07, 6.45) is 6.72. The lowest BCUT2D eigenvalue weighted by Gasteiger charge is -2.31. The Balaban J connectivity index is 1.93. The van der Waals surface area contributed by atoms with Crippen LogP contribution >= 0.6 is 27.3 Å². The molecule has 0 aromatic carbocycles. The molecular weight excluding hydrogens is 282 g/mol. The van der Waals surface area contributed by atoms with Crippen molar-refractivity contribution in [1.82, 2.24) is 0 Å². The molecule has 2 rings (SSSR count). The molecule has 1 saturated carbocycles. The lowest BCUT2D eigenvalue weighted by Crippen LogP contribution is -2.25. The van der Waals surface area contributed by atoms with Gasteiger partial charge in [0.15, 0.2) is 0 Å². The zero-order chi connectivity index (χ0) is 11.5. The lowest BCUT2D eigenvalue weighted by atomic mass is 9.77. The Kier molecular flexibility index (Phi) is 4.45. The third kappa shape index (κ3) is 2.88. The Labute approximate surface area is 111 Å². The van der Waals surface area contributed by atoms with E-state index in [-0.39, 0.29) is 6.04 Å². The van der Waals surface area contributed by atoms with Crippen molar-refractivity contribution in [2.24, 2.45) is 17.6 Å². The van der Waals surface area contributed by atoms with Crippen LogP contribution in [0.15, 0.2) is 15.9 Å². The molecule has 0 bridgehead atoms. The van der Waals surface area contributed by atoms with Gasteiger partial charge in [0, 0.05) is 20.8 Å². The van der Waals surface area contributed by atoms with E-state index in [1.807, 2.05) is 0 Å². The molecule has 1 aliphatic carbocycles. The summed E-state index contributed by atoms with van der Waals surface area (Å²) in [5.41, 5.74) is 6.36. The second kappa shape index (κ2) is 5.65. The number of thiophene rings is 1. The smallest absolute Gasteiger partial charge is 0.0418 e. The Bertz CT molecular complexity index is 328. The van der Waals surface area contributed by atoms with E-state index in [1.54, 1.807) is 11.3 Å². The molecule has 0 aliphatic heterocycles. The normalized spacial score (nSPS) is 27.9. The first-order valence-corrected chi connectivity index (χ1v) is 7.87. The maximum atomic E-state index is 6.36. The molecule has 1 heterocycles. The van der Waals surface area contributed by atoms with Crippen LogP contribution in [0.4, 0.5) is 0 Å². The molecular formula is C13H20BrNS. The molecule has 1 nitrogen and oxygen atoms in total. The van der Waals surface area contributed by atoms with Gasteiger partial charge in [0.05, 0.1) is 0 Å². The summed E-state index contributed by atoms with van der Waals surface area (Å²) < 4.78 is 1.17. The second-order valence-corrected chi connectivity index (χ2v) is 6.74. The van der Waals surface area contributed by atoms with E-state index >= 15 is 0 Å². The molecule has 90 valence electrons. The molecule has 1 unspecified atom stereocenters. The van der Waals surface area contributed by atoms with Crippen molar-refractivity contribution in [3.05, 3.63) is 20.8 Å². The molecule has 0 radical (unpaired) electrons. The number of hydrogen-bond donors (Lipinski definition) is 1. The summed E-state index contributed by atoms with van der Waals surface area (Å²) in [5, 5.41) is 2.13. The summed E-state index contributed by atoms with van der Waals surface area (Å²) in [5.74, 6) is 1.66. The van der Waals surface area contributed by atoms with Crippen molar-refractivity contribution in [3.8, 4) is 0 Å². The van der Waals surface area contributed by atoms with Crippen LogP contribution in [0.3, 0.4) is 0 Å². The van der Waals surface area contributed by atoms with Crippen molar-refractivity contribution < 1.29 is 0 Å². The van der Waals surface area contributed by atoms with Gasteiger partial charge >= 0.3 is 0 Å². The van der Waals surface area contributed by atoms with E-state index in [4.69, 9.17) is 5.73 Å². The van der Waals surface area contributed by atoms with Crippen LogP contribution < -0.4 is 5.73 Å². The van der Waals surface area contributed by atoms with Crippen LogP contribution in [0.2, 0.25) is 0 Å². The van der Waals surface area contributed by atoms with Gasteiger partial charge in [-0.05, 0) is 46.7 Å². The van der Waals surface area contributed by atoms with Crippen molar-refractivity contribution >= 4 is 27.3 Å². The number of hydrogen-bond acceptors (Lipinski definition) is 2. The summed E-state index contributed by atoms with van der Waals surface area (Å²) in [7, 11) is 0. The van der Waals surface area contributed by atoms with Gasteiger partial charge in [-0.1, -0.05) is 26.2 Å². The molecule has 0 spiro atoms. The maximum Gasteiger partial charge on any atom is 0.0418 e. The second-order valence-electron chi connectivity index (χ2n) is 4.88. The number of halogens is 1. The standard InChI is InChI=1S/C13H20BrNS/c1-2-9-3-5-10(6-4-9)13(15)12-7-11(14)8-16-12/h7-10,13H,2-6,15H2,1H3. The highest BCUT2D eigenvalue weighted by atomic mass is 79.9. The molecule has 16 heavy (non-hydrogen) atoms. The van der Waals surface area contributed by atoms with E-state index < -0.39 is 0 Å². The van der Waals surface area contributed by atoms with Gasteiger partial charge in [-0.15, -0.1) is 11.3 Å². The van der Waals surface area contributed by atoms with Gasteiger partial charge in [-0.2, -0.15) is 0 Å². The first kappa shape index (κ1) is 12.6. The van der Waals surface area contributed by atoms with Gasteiger partial charge in [-0.25, -0.2) is 0 Å².